The predicted octanol–water partition coefficient (Wildman–Crippen LogP) is 2.41. The van der Waals surface area contributed by atoms with Crippen LogP contribution in [0.3, 0.4) is 0 Å². The third-order valence-electron chi connectivity index (χ3n) is 3.50. The molecule has 0 saturated carbocycles. The summed E-state index contributed by atoms with van der Waals surface area (Å²) in [7, 11) is -3.76. The molecule has 23 heavy (non-hydrogen) atoms. The Morgan fingerprint density at radius 2 is 2.00 bits per heavy atom. The van der Waals surface area contributed by atoms with Gasteiger partial charge in [0.15, 0.2) is 5.16 Å². The first-order chi connectivity index (χ1) is 10.5. The Labute approximate surface area is 140 Å². The van der Waals surface area contributed by atoms with Gasteiger partial charge in [0, 0.05) is 12.0 Å². The molecular formula is C15H21N3O3S2. The van der Waals surface area contributed by atoms with Gasteiger partial charge in [0.1, 0.15) is 5.78 Å². The molecule has 0 saturated heterocycles. The fourth-order valence-corrected chi connectivity index (χ4v) is 3.80. The van der Waals surface area contributed by atoms with Crippen LogP contribution in [-0.4, -0.2) is 29.5 Å². The number of nitrogens with zero attached hydrogens (tertiary/aromatic N) is 2. The van der Waals surface area contributed by atoms with Crippen LogP contribution in [-0.2, 0) is 21.4 Å². The number of hydrogen-bond acceptors (Lipinski definition) is 5. The number of carbonyl (C=O) groups is 1. The van der Waals surface area contributed by atoms with E-state index in [-0.39, 0.29) is 10.7 Å². The number of thioether (sulfide) groups is 1. The number of sulfonamides is 1. The average molecular weight is 355 g/mol. The maximum Gasteiger partial charge on any atom is 0.238 e. The lowest BCUT2D eigenvalue weighted by atomic mass is 9.92. The Kier molecular flexibility index (Phi) is 4.89. The van der Waals surface area contributed by atoms with Gasteiger partial charge in [0.05, 0.1) is 21.7 Å². The summed E-state index contributed by atoms with van der Waals surface area (Å²) in [5.41, 5.74) is 0.992. The van der Waals surface area contributed by atoms with Crippen molar-refractivity contribution < 1.29 is 13.2 Å². The summed E-state index contributed by atoms with van der Waals surface area (Å²) >= 11 is 1.37. The second kappa shape index (κ2) is 6.26. The van der Waals surface area contributed by atoms with Crippen molar-refractivity contribution in [1.29, 1.82) is 0 Å². The van der Waals surface area contributed by atoms with Gasteiger partial charge in [-0.2, -0.15) is 0 Å². The summed E-state index contributed by atoms with van der Waals surface area (Å²) < 4.78 is 24.9. The number of hydrogen-bond donors (Lipinski definition) is 1. The molecule has 6 nitrogen and oxygen atoms in total. The van der Waals surface area contributed by atoms with E-state index < -0.39 is 15.4 Å². The number of Topliss-reactive ketones (excluding diaryl/α,β-unsaturated/α-hetero) is 1. The molecule has 0 unspecified atom stereocenters. The molecule has 1 aromatic carbocycles. The second-order valence-electron chi connectivity index (χ2n) is 6.30. The molecule has 126 valence electrons. The summed E-state index contributed by atoms with van der Waals surface area (Å²) in [6, 6.07) is 4.63. The fourth-order valence-electron chi connectivity index (χ4n) is 2.03. The monoisotopic (exact) mass is 355 g/mol. The first-order valence-electron chi connectivity index (χ1n) is 7.23. The Bertz CT molecular complexity index is 849. The van der Waals surface area contributed by atoms with E-state index in [9.17, 15) is 13.2 Å². The molecule has 2 rings (SSSR count). The topological polar surface area (TPSA) is 95.0 Å². The highest BCUT2D eigenvalue weighted by Crippen LogP contribution is 2.27. The number of rotatable bonds is 5. The predicted molar refractivity (Wildman–Crippen MR) is 92.0 cm³/mol. The van der Waals surface area contributed by atoms with E-state index in [2.05, 4.69) is 4.98 Å². The standard InChI is InChI=1S/C15H21N3O3S2/c1-5-18-12-7-6-10(23(16,20)21)8-11(12)17-14(18)22-9-13(19)15(2,3)4/h6-8H,5,9H2,1-4H3,(H2,16,20,21). The number of aromatic nitrogens is 2. The lowest BCUT2D eigenvalue weighted by Crippen LogP contribution is -2.22. The highest BCUT2D eigenvalue weighted by Gasteiger charge is 2.22. The summed E-state index contributed by atoms with van der Waals surface area (Å²) in [4.78, 5) is 16.6. The smallest absolute Gasteiger partial charge is 0.238 e. The first-order valence-corrected chi connectivity index (χ1v) is 9.76. The van der Waals surface area contributed by atoms with Gasteiger partial charge in [-0.05, 0) is 25.1 Å². The number of primary sulfonamides is 1. The number of ketones is 1. The van der Waals surface area contributed by atoms with Crippen LogP contribution in [0.2, 0.25) is 0 Å². The number of fused-ring (bicyclic) bond motifs is 1. The summed E-state index contributed by atoms with van der Waals surface area (Å²) in [5, 5.41) is 5.86. The van der Waals surface area contributed by atoms with E-state index in [1.165, 1.54) is 23.9 Å². The van der Waals surface area contributed by atoms with Crippen LogP contribution in [0, 0.1) is 5.41 Å². The third kappa shape index (κ3) is 3.94. The van der Waals surface area contributed by atoms with Gasteiger partial charge in [-0.15, -0.1) is 0 Å². The zero-order valence-electron chi connectivity index (χ0n) is 13.7. The van der Waals surface area contributed by atoms with Crippen molar-refractivity contribution in [2.75, 3.05) is 5.75 Å². The first kappa shape index (κ1) is 18.0. The van der Waals surface area contributed by atoms with Crippen LogP contribution in [0.25, 0.3) is 11.0 Å². The normalized spacial score (nSPS) is 12.7. The number of aryl methyl sites for hydroxylation is 1. The largest absolute Gasteiger partial charge is 0.319 e. The summed E-state index contributed by atoms with van der Waals surface area (Å²) in [5.74, 6) is 0.469. The molecule has 0 aliphatic carbocycles. The van der Waals surface area contributed by atoms with E-state index in [0.717, 1.165) is 5.52 Å². The minimum atomic E-state index is -3.76. The molecule has 0 bridgehead atoms. The van der Waals surface area contributed by atoms with Gasteiger partial charge in [-0.3, -0.25) is 4.79 Å². The zero-order chi connectivity index (χ0) is 17.4. The number of carbonyl (C=O) groups excluding carboxylic acids is 1. The van der Waals surface area contributed by atoms with Gasteiger partial charge in [0.2, 0.25) is 10.0 Å². The maximum absolute atomic E-state index is 12.1. The Hall–Kier alpha value is -1.38. The van der Waals surface area contributed by atoms with Crippen molar-refractivity contribution in [3.05, 3.63) is 18.2 Å². The summed E-state index contributed by atoms with van der Waals surface area (Å²) in [6.45, 7) is 8.31. The van der Waals surface area contributed by atoms with Gasteiger partial charge < -0.3 is 4.57 Å². The van der Waals surface area contributed by atoms with Crippen LogP contribution in [0.5, 0.6) is 0 Å². The lowest BCUT2D eigenvalue weighted by Gasteiger charge is -2.15. The molecule has 8 heteroatoms. The van der Waals surface area contributed by atoms with Crippen LogP contribution in [0.15, 0.2) is 28.3 Å². The quantitative estimate of drug-likeness (QED) is 0.831. The van der Waals surface area contributed by atoms with E-state index in [0.29, 0.717) is 23.0 Å². The van der Waals surface area contributed by atoms with Crippen LogP contribution < -0.4 is 5.14 Å². The van der Waals surface area contributed by atoms with Crippen molar-refractivity contribution in [3.63, 3.8) is 0 Å². The molecular weight excluding hydrogens is 334 g/mol. The average Bonchev–Trinajstić information content (AvgIpc) is 2.79. The van der Waals surface area contributed by atoms with E-state index in [4.69, 9.17) is 5.14 Å². The third-order valence-corrected chi connectivity index (χ3v) is 5.39. The molecule has 0 aliphatic rings. The van der Waals surface area contributed by atoms with E-state index in [1.807, 2.05) is 32.3 Å². The second-order valence-corrected chi connectivity index (χ2v) is 8.80. The number of benzene rings is 1. The Balaban J connectivity index is 2.39. The zero-order valence-corrected chi connectivity index (χ0v) is 15.3. The molecule has 0 fully saturated rings. The number of imidazole rings is 1. The van der Waals surface area contributed by atoms with Crippen molar-refractivity contribution >= 4 is 38.6 Å². The van der Waals surface area contributed by atoms with Crippen molar-refractivity contribution in [2.24, 2.45) is 10.6 Å². The van der Waals surface area contributed by atoms with Gasteiger partial charge in [0.25, 0.3) is 0 Å². The highest BCUT2D eigenvalue weighted by atomic mass is 32.2. The molecule has 2 N–H and O–H groups in total. The van der Waals surface area contributed by atoms with Crippen LogP contribution in [0.4, 0.5) is 0 Å². The van der Waals surface area contributed by atoms with Crippen molar-refractivity contribution in [2.45, 2.75) is 44.3 Å². The Morgan fingerprint density at radius 1 is 1.35 bits per heavy atom. The molecule has 1 heterocycles. The molecule has 1 aromatic heterocycles. The minimum absolute atomic E-state index is 0.0353. The van der Waals surface area contributed by atoms with Crippen molar-refractivity contribution in [1.82, 2.24) is 9.55 Å². The number of nitrogens with two attached hydrogens (primary N) is 1. The molecule has 0 aliphatic heterocycles. The SMILES string of the molecule is CCn1c(SCC(=O)C(C)(C)C)nc2cc(S(N)(=O)=O)ccc21. The van der Waals surface area contributed by atoms with E-state index >= 15 is 0 Å². The molecule has 0 spiro atoms. The summed E-state index contributed by atoms with van der Waals surface area (Å²) in [6.07, 6.45) is 0. The van der Waals surface area contributed by atoms with Crippen LogP contribution in [0.1, 0.15) is 27.7 Å². The molecule has 2 aromatic rings. The van der Waals surface area contributed by atoms with Crippen LogP contribution >= 0.6 is 11.8 Å². The Morgan fingerprint density at radius 3 is 2.52 bits per heavy atom. The molecule has 0 amide bonds. The lowest BCUT2D eigenvalue weighted by molar-refractivity contribution is -0.123. The minimum Gasteiger partial charge on any atom is -0.319 e. The maximum atomic E-state index is 12.1. The fraction of sp³-hybridized carbons (Fsp3) is 0.467. The van der Waals surface area contributed by atoms with Gasteiger partial charge in [-0.1, -0.05) is 32.5 Å². The van der Waals surface area contributed by atoms with Gasteiger partial charge in [-0.25, -0.2) is 18.5 Å². The van der Waals surface area contributed by atoms with Crippen molar-refractivity contribution in [3.8, 4) is 0 Å². The highest BCUT2D eigenvalue weighted by molar-refractivity contribution is 7.99. The molecule has 0 radical (unpaired) electrons. The molecule has 0 atom stereocenters. The van der Waals surface area contributed by atoms with E-state index in [1.54, 1.807) is 6.07 Å². The van der Waals surface area contributed by atoms with Gasteiger partial charge >= 0.3 is 0 Å².